The molecule has 0 nitrogen and oxygen atoms in total. The van der Waals surface area contributed by atoms with E-state index in [0.29, 0.717) is 0 Å². The molecule has 0 saturated carbocycles. The summed E-state index contributed by atoms with van der Waals surface area (Å²) in [5.41, 5.74) is 0. The van der Waals surface area contributed by atoms with Crippen molar-refractivity contribution in [3.8, 4) is 4.90 Å². The Morgan fingerprint density at radius 1 is 0.478 bits per heavy atom. The first-order chi connectivity index (χ1) is 11.4. The summed E-state index contributed by atoms with van der Waals surface area (Å²) in [6.45, 7) is 8.00. The molecule has 1 heteroatoms. The topological polar surface area (TPSA) is 0 Å². The van der Waals surface area contributed by atoms with Gasteiger partial charge in [-0.1, -0.05) is 70.2 Å². The molecule has 1 heterocycles. The van der Waals surface area contributed by atoms with Gasteiger partial charge < -0.3 is 0 Å². The average Bonchev–Trinajstić information content (AvgIpc) is 3.00. The zero-order valence-electron chi connectivity index (χ0n) is 14.4. The fourth-order valence-electron chi connectivity index (χ4n) is 2.66. The average molecular weight is 322 g/mol. The number of hydrogen-bond donors (Lipinski definition) is 0. The molecule has 118 valence electrons. The van der Waals surface area contributed by atoms with Crippen molar-refractivity contribution in [3.05, 3.63) is 78.9 Å². The molecule has 0 atom stereocenters. The highest BCUT2D eigenvalue weighted by Crippen LogP contribution is 2.47. The summed E-state index contributed by atoms with van der Waals surface area (Å²) in [4.78, 5) is 1.40. The Hall–Kier alpha value is -2.12. The highest BCUT2D eigenvalue weighted by molar-refractivity contribution is 7.50. The first kappa shape index (κ1) is 17.2. The van der Waals surface area contributed by atoms with Crippen molar-refractivity contribution in [1.29, 1.82) is 0 Å². The predicted octanol–water partition coefficient (Wildman–Crippen LogP) is 7.78. The molecular formula is C22H25S+. The summed E-state index contributed by atoms with van der Waals surface area (Å²) in [6.07, 6.45) is 0. The molecule has 0 saturated heterocycles. The quantitative estimate of drug-likeness (QED) is 0.314. The predicted molar refractivity (Wildman–Crippen MR) is 108 cm³/mol. The van der Waals surface area contributed by atoms with Crippen LogP contribution in [0.2, 0.25) is 0 Å². The molecule has 0 aliphatic carbocycles. The third-order valence-electron chi connectivity index (χ3n) is 3.48. The van der Waals surface area contributed by atoms with Crippen molar-refractivity contribution in [2.75, 3.05) is 0 Å². The van der Waals surface area contributed by atoms with Crippen LogP contribution in [0, 0.1) is 0 Å². The third-order valence-corrected chi connectivity index (χ3v) is 5.82. The molecule has 0 aliphatic rings. The maximum atomic E-state index is 2.27. The fourth-order valence-corrected chi connectivity index (χ4v) is 5.06. The van der Waals surface area contributed by atoms with E-state index in [1.54, 1.807) is 0 Å². The first-order valence-corrected chi connectivity index (χ1v) is 9.65. The van der Waals surface area contributed by atoms with Crippen LogP contribution in [0.4, 0.5) is 0 Å². The molecule has 0 spiro atoms. The van der Waals surface area contributed by atoms with Crippen LogP contribution in [0.5, 0.6) is 0 Å². The van der Waals surface area contributed by atoms with E-state index in [1.165, 1.54) is 25.1 Å². The van der Waals surface area contributed by atoms with E-state index in [-0.39, 0.29) is 10.5 Å². The van der Waals surface area contributed by atoms with E-state index in [0.717, 1.165) is 0 Å². The van der Waals surface area contributed by atoms with E-state index in [1.807, 2.05) is 27.7 Å². The summed E-state index contributed by atoms with van der Waals surface area (Å²) in [7, 11) is 0.0594. The van der Waals surface area contributed by atoms with E-state index in [4.69, 9.17) is 0 Å². The molecule has 0 bridgehead atoms. The molecule has 23 heavy (non-hydrogen) atoms. The SMILES string of the molecule is CC.CC.c1ccc(-[s+]2c3ccccc3c3ccccc32)cc1. The van der Waals surface area contributed by atoms with E-state index in [2.05, 4.69) is 78.9 Å². The van der Waals surface area contributed by atoms with Crippen LogP contribution >= 0.6 is 10.5 Å². The molecule has 0 fully saturated rings. The van der Waals surface area contributed by atoms with E-state index >= 15 is 0 Å². The molecule has 0 amide bonds. The Balaban J connectivity index is 0.000000448. The Morgan fingerprint density at radius 3 is 1.35 bits per heavy atom. The highest BCUT2D eigenvalue weighted by atomic mass is 32.2. The fraction of sp³-hybridized carbons (Fsp3) is 0.182. The summed E-state index contributed by atoms with van der Waals surface area (Å²) in [6, 6.07) is 28.4. The Kier molecular flexibility index (Phi) is 6.37. The van der Waals surface area contributed by atoms with Gasteiger partial charge in [-0.25, -0.2) is 0 Å². The van der Waals surface area contributed by atoms with Gasteiger partial charge in [0.05, 0.1) is 0 Å². The summed E-state index contributed by atoms with van der Waals surface area (Å²) >= 11 is 0. The molecule has 0 radical (unpaired) electrons. The maximum Gasteiger partial charge on any atom is 0.187 e. The van der Waals surface area contributed by atoms with Crippen LogP contribution in [-0.4, -0.2) is 0 Å². The van der Waals surface area contributed by atoms with Crippen LogP contribution < -0.4 is 0 Å². The van der Waals surface area contributed by atoms with Gasteiger partial charge in [-0.15, -0.1) is 0 Å². The largest absolute Gasteiger partial charge is 0.187 e. The number of rotatable bonds is 1. The molecule has 4 rings (SSSR count). The number of fused-ring (bicyclic) bond motifs is 3. The zero-order valence-corrected chi connectivity index (χ0v) is 15.2. The second kappa shape index (κ2) is 8.50. The van der Waals surface area contributed by atoms with Crippen molar-refractivity contribution >= 4 is 30.6 Å². The first-order valence-electron chi connectivity index (χ1n) is 8.43. The minimum Gasteiger partial charge on any atom is -0.0683 e. The third kappa shape index (κ3) is 3.30. The summed E-state index contributed by atoms with van der Waals surface area (Å²) < 4.78 is 2.91. The Morgan fingerprint density at radius 2 is 0.870 bits per heavy atom. The van der Waals surface area contributed by atoms with Gasteiger partial charge in [0.25, 0.3) is 0 Å². The molecule has 3 aromatic carbocycles. The van der Waals surface area contributed by atoms with Crippen LogP contribution in [0.15, 0.2) is 78.9 Å². The number of thiophene rings is 1. The number of hydrogen-bond acceptors (Lipinski definition) is 0. The van der Waals surface area contributed by atoms with Gasteiger partial charge in [-0.05, 0) is 36.4 Å². The van der Waals surface area contributed by atoms with Crippen LogP contribution in [-0.2, 0) is 0 Å². The number of benzene rings is 3. The van der Waals surface area contributed by atoms with Crippen molar-refractivity contribution in [3.63, 3.8) is 0 Å². The monoisotopic (exact) mass is 321 g/mol. The lowest BCUT2D eigenvalue weighted by atomic mass is 10.2. The van der Waals surface area contributed by atoms with Crippen molar-refractivity contribution < 1.29 is 0 Å². The minimum atomic E-state index is 0.0594. The van der Waals surface area contributed by atoms with Gasteiger partial charge >= 0.3 is 0 Å². The lowest BCUT2D eigenvalue weighted by molar-refractivity contribution is 1.50. The van der Waals surface area contributed by atoms with Crippen LogP contribution in [0.25, 0.3) is 25.1 Å². The standard InChI is InChI=1S/C18H13S.2C2H6/c1-2-8-14(9-3-1)19-17-12-6-4-10-15(17)16-11-5-7-13-18(16)19;2*1-2/h1-13H;2*1-2H3/q+1;;. The Bertz CT molecular complexity index is 804. The van der Waals surface area contributed by atoms with Gasteiger partial charge in [0.1, 0.15) is 0 Å². The summed E-state index contributed by atoms with van der Waals surface area (Å²) in [5, 5.41) is 2.79. The Labute approximate surface area is 142 Å². The molecule has 4 aromatic rings. The second-order valence-electron chi connectivity index (χ2n) is 4.61. The van der Waals surface area contributed by atoms with Crippen molar-refractivity contribution in [1.82, 2.24) is 0 Å². The van der Waals surface area contributed by atoms with E-state index < -0.39 is 0 Å². The normalized spacial score (nSPS) is 9.74. The van der Waals surface area contributed by atoms with Crippen molar-refractivity contribution in [2.24, 2.45) is 0 Å². The van der Waals surface area contributed by atoms with Crippen molar-refractivity contribution in [2.45, 2.75) is 27.7 Å². The molecule has 0 aliphatic heterocycles. The molecule has 1 aromatic heterocycles. The minimum absolute atomic E-state index is 0.0594. The van der Waals surface area contributed by atoms with Gasteiger partial charge in [0.15, 0.2) is 14.3 Å². The highest BCUT2D eigenvalue weighted by Gasteiger charge is 2.22. The molecular weight excluding hydrogens is 296 g/mol. The zero-order chi connectivity index (χ0) is 16.7. The van der Waals surface area contributed by atoms with Gasteiger partial charge in [0, 0.05) is 21.2 Å². The van der Waals surface area contributed by atoms with E-state index in [9.17, 15) is 0 Å². The van der Waals surface area contributed by atoms with Gasteiger partial charge in [-0.2, -0.15) is 0 Å². The van der Waals surface area contributed by atoms with Crippen LogP contribution in [0.3, 0.4) is 0 Å². The lowest BCUT2D eigenvalue weighted by Gasteiger charge is -1.91. The maximum absolute atomic E-state index is 2.27. The summed E-state index contributed by atoms with van der Waals surface area (Å²) in [5.74, 6) is 0. The smallest absolute Gasteiger partial charge is 0.0683 e. The molecule has 0 unspecified atom stereocenters. The second-order valence-corrected chi connectivity index (χ2v) is 6.57. The lowest BCUT2D eigenvalue weighted by Crippen LogP contribution is -1.68. The van der Waals surface area contributed by atoms with Gasteiger partial charge in [-0.3, -0.25) is 0 Å². The van der Waals surface area contributed by atoms with Crippen LogP contribution in [0.1, 0.15) is 27.7 Å². The molecule has 0 N–H and O–H groups in total. The van der Waals surface area contributed by atoms with Gasteiger partial charge in [0.2, 0.25) is 0 Å².